The van der Waals surface area contributed by atoms with Crippen LogP contribution >= 0.6 is 0 Å². The molecule has 1 saturated carbocycles. The predicted octanol–water partition coefficient (Wildman–Crippen LogP) is 7.04. The van der Waals surface area contributed by atoms with Crippen LogP contribution in [0.5, 0.6) is 17.2 Å². The van der Waals surface area contributed by atoms with Crippen LogP contribution in [0.25, 0.3) is 11.1 Å². The third-order valence-corrected chi connectivity index (χ3v) is 8.05. The van der Waals surface area contributed by atoms with E-state index in [1.54, 1.807) is 37.3 Å². The van der Waals surface area contributed by atoms with Gasteiger partial charge in [-0.2, -0.15) is 0 Å². The van der Waals surface area contributed by atoms with Gasteiger partial charge in [-0.15, -0.1) is 0 Å². The first-order chi connectivity index (χ1) is 19.6. The summed E-state index contributed by atoms with van der Waals surface area (Å²) >= 11 is 0. The van der Waals surface area contributed by atoms with E-state index in [-0.39, 0.29) is 24.4 Å². The Kier molecular flexibility index (Phi) is 7.93. The highest BCUT2D eigenvalue weighted by Gasteiger charge is 2.39. The van der Waals surface area contributed by atoms with Crippen molar-refractivity contribution in [3.63, 3.8) is 0 Å². The molecule has 2 aliphatic rings. The van der Waals surface area contributed by atoms with Crippen molar-refractivity contribution in [2.45, 2.75) is 65.0 Å². The van der Waals surface area contributed by atoms with Gasteiger partial charge in [-0.25, -0.2) is 4.39 Å². The second kappa shape index (κ2) is 11.4. The van der Waals surface area contributed by atoms with E-state index in [1.165, 1.54) is 12.1 Å². The van der Waals surface area contributed by atoms with Crippen molar-refractivity contribution in [2.75, 3.05) is 24.4 Å². The molecular weight excluding hydrogens is 523 g/mol. The van der Waals surface area contributed by atoms with E-state index in [9.17, 15) is 14.0 Å². The van der Waals surface area contributed by atoms with Gasteiger partial charge in [-0.1, -0.05) is 31.4 Å². The number of nitrogens with zero attached hydrogens (tertiary/aromatic N) is 1. The highest BCUT2D eigenvalue weighted by Crippen LogP contribution is 2.45. The van der Waals surface area contributed by atoms with Crippen molar-refractivity contribution >= 4 is 23.3 Å². The topological polar surface area (TPSA) is 77.1 Å². The lowest BCUT2D eigenvalue weighted by Crippen LogP contribution is -2.52. The van der Waals surface area contributed by atoms with Crippen LogP contribution in [0.3, 0.4) is 0 Å². The monoisotopic (exact) mass is 560 g/mol. The quantitative estimate of drug-likeness (QED) is 0.247. The van der Waals surface area contributed by atoms with Gasteiger partial charge in [0.1, 0.15) is 35.2 Å². The van der Waals surface area contributed by atoms with Gasteiger partial charge in [-0.05, 0) is 69.0 Å². The molecule has 1 aliphatic heterocycles. The molecule has 0 aromatic heterocycles. The first kappa shape index (κ1) is 28.5. The molecule has 216 valence electrons. The largest absolute Gasteiger partial charge is 0.496 e. The Bertz CT molecular complexity index is 1480. The average molecular weight is 561 g/mol. The predicted molar refractivity (Wildman–Crippen MR) is 157 cm³/mol. The van der Waals surface area contributed by atoms with Crippen LogP contribution in [0.4, 0.5) is 15.8 Å². The van der Waals surface area contributed by atoms with Crippen molar-refractivity contribution < 1.29 is 28.2 Å². The summed E-state index contributed by atoms with van der Waals surface area (Å²) in [6.45, 7) is 5.60. The lowest BCUT2D eigenvalue weighted by Gasteiger charge is -2.39. The summed E-state index contributed by atoms with van der Waals surface area (Å²) in [5.41, 5.74) is 3.72. The number of aryl methyl sites for hydroxylation is 1. The third kappa shape index (κ3) is 5.73. The smallest absolute Gasteiger partial charge is 0.314 e. The minimum Gasteiger partial charge on any atom is -0.496 e. The number of benzene rings is 3. The van der Waals surface area contributed by atoms with Crippen LogP contribution in [-0.2, 0) is 16.2 Å². The number of hydrogen-bond acceptors (Lipinski definition) is 6. The standard InChI is InChI=1S/C33H37FN2O5/c1-20-11-12-22(34)17-28(20)40-19-26-24(15-16-27-30(26)36(4)32(38)33(2,3)35-27)25-14-13-23(18-29(25)39-5)41-31(37)21-9-7-6-8-10-21/h11-18,21,35H,6-10,19H2,1-5H3. The number of fused-ring (bicyclic) bond motifs is 1. The number of ether oxygens (including phenoxy) is 3. The molecule has 1 N–H and O–H groups in total. The molecule has 0 saturated heterocycles. The van der Waals surface area contributed by atoms with Gasteiger partial charge in [0.2, 0.25) is 0 Å². The number of likely N-dealkylation sites (N-methyl/N-ethyl adjacent to an activating group) is 1. The average Bonchev–Trinajstić information content (AvgIpc) is 2.96. The molecule has 0 spiro atoms. The van der Waals surface area contributed by atoms with E-state index in [0.29, 0.717) is 22.9 Å². The van der Waals surface area contributed by atoms with Crippen molar-refractivity contribution in [1.29, 1.82) is 0 Å². The summed E-state index contributed by atoms with van der Waals surface area (Å²) in [6.07, 6.45) is 4.96. The molecule has 5 rings (SSSR count). The normalized spacial score (nSPS) is 16.5. The van der Waals surface area contributed by atoms with Crippen LogP contribution in [0, 0.1) is 18.7 Å². The second-order valence-corrected chi connectivity index (χ2v) is 11.4. The first-order valence-corrected chi connectivity index (χ1v) is 14.1. The molecule has 8 heteroatoms. The Balaban J connectivity index is 1.55. The fraction of sp³-hybridized carbons (Fsp3) is 0.394. The van der Waals surface area contributed by atoms with Crippen molar-refractivity contribution in [3.05, 3.63) is 65.5 Å². The van der Waals surface area contributed by atoms with Crippen LogP contribution in [0.1, 0.15) is 57.1 Å². The molecule has 0 unspecified atom stereocenters. The molecule has 1 heterocycles. The molecule has 7 nitrogen and oxygen atoms in total. The van der Waals surface area contributed by atoms with E-state index < -0.39 is 11.4 Å². The van der Waals surface area contributed by atoms with Crippen molar-refractivity contribution in [2.24, 2.45) is 5.92 Å². The lowest BCUT2D eigenvalue weighted by atomic mass is 9.89. The van der Waals surface area contributed by atoms with Crippen LogP contribution in [-0.4, -0.2) is 31.6 Å². The molecule has 1 fully saturated rings. The zero-order valence-corrected chi connectivity index (χ0v) is 24.3. The van der Waals surface area contributed by atoms with Gasteiger partial charge in [0, 0.05) is 30.3 Å². The fourth-order valence-corrected chi connectivity index (χ4v) is 5.80. The van der Waals surface area contributed by atoms with Crippen LogP contribution < -0.4 is 24.4 Å². The molecule has 3 aromatic rings. The zero-order chi connectivity index (χ0) is 29.3. The summed E-state index contributed by atoms with van der Waals surface area (Å²) in [5, 5.41) is 3.35. The van der Waals surface area contributed by atoms with Gasteiger partial charge >= 0.3 is 5.97 Å². The Morgan fingerprint density at radius 2 is 1.76 bits per heavy atom. The number of amides is 1. The molecule has 1 amide bonds. The second-order valence-electron chi connectivity index (χ2n) is 11.4. The van der Waals surface area contributed by atoms with Gasteiger partial charge in [0.05, 0.1) is 24.4 Å². The molecule has 1 aliphatic carbocycles. The van der Waals surface area contributed by atoms with Gasteiger partial charge in [0.25, 0.3) is 5.91 Å². The van der Waals surface area contributed by atoms with Crippen LogP contribution in [0.2, 0.25) is 0 Å². The molecule has 0 radical (unpaired) electrons. The van der Waals surface area contributed by atoms with E-state index in [0.717, 1.165) is 60.0 Å². The van der Waals surface area contributed by atoms with E-state index in [4.69, 9.17) is 14.2 Å². The maximum Gasteiger partial charge on any atom is 0.314 e. The number of rotatable bonds is 7. The highest BCUT2D eigenvalue weighted by molar-refractivity contribution is 6.08. The van der Waals surface area contributed by atoms with E-state index >= 15 is 0 Å². The SMILES string of the molecule is COc1cc(OC(=O)C2CCCCC2)ccc1-c1ccc2c(c1COc1cc(F)ccc1C)N(C)C(=O)C(C)(C)N2. The van der Waals surface area contributed by atoms with Crippen molar-refractivity contribution in [1.82, 2.24) is 0 Å². The zero-order valence-electron chi connectivity index (χ0n) is 24.3. The fourth-order valence-electron chi connectivity index (χ4n) is 5.80. The number of anilines is 2. The maximum absolute atomic E-state index is 14.0. The number of carbonyl (C=O) groups is 2. The number of esters is 1. The first-order valence-electron chi connectivity index (χ1n) is 14.1. The number of halogens is 1. The van der Waals surface area contributed by atoms with Gasteiger partial charge in [-0.3, -0.25) is 9.59 Å². The van der Waals surface area contributed by atoms with Gasteiger partial charge in [0.15, 0.2) is 0 Å². The number of nitrogens with one attached hydrogen (secondary N) is 1. The number of carbonyl (C=O) groups excluding carboxylic acids is 2. The van der Waals surface area contributed by atoms with E-state index in [1.807, 2.05) is 39.0 Å². The summed E-state index contributed by atoms with van der Waals surface area (Å²) in [6, 6.07) is 13.6. The number of hydrogen-bond donors (Lipinski definition) is 1. The molecule has 0 bridgehead atoms. The molecule has 0 atom stereocenters. The van der Waals surface area contributed by atoms with Gasteiger partial charge < -0.3 is 24.4 Å². The minimum absolute atomic E-state index is 0.0735. The highest BCUT2D eigenvalue weighted by atomic mass is 19.1. The third-order valence-electron chi connectivity index (χ3n) is 8.05. The molecular formula is C33H37FN2O5. The molecule has 41 heavy (non-hydrogen) atoms. The minimum atomic E-state index is -0.790. The summed E-state index contributed by atoms with van der Waals surface area (Å²) in [7, 11) is 3.31. The van der Waals surface area contributed by atoms with Crippen molar-refractivity contribution in [3.8, 4) is 28.4 Å². The van der Waals surface area contributed by atoms with E-state index in [2.05, 4.69) is 5.32 Å². The summed E-state index contributed by atoms with van der Waals surface area (Å²) in [4.78, 5) is 27.7. The summed E-state index contributed by atoms with van der Waals surface area (Å²) < 4.78 is 31.7. The van der Waals surface area contributed by atoms with Crippen LogP contribution in [0.15, 0.2) is 48.5 Å². The Morgan fingerprint density at radius 3 is 2.49 bits per heavy atom. The Morgan fingerprint density at radius 1 is 1.02 bits per heavy atom. The Labute approximate surface area is 240 Å². The maximum atomic E-state index is 14.0. The number of methoxy groups -OCH3 is 1. The summed E-state index contributed by atoms with van der Waals surface area (Å²) in [5.74, 6) is 0.585. The molecule has 3 aromatic carbocycles. The lowest BCUT2D eigenvalue weighted by molar-refractivity contribution is -0.140. The Hall–Kier alpha value is -4.07.